The van der Waals surface area contributed by atoms with Gasteiger partial charge in [0.2, 0.25) is 0 Å². The number of para-hydroxylation sites is 1. The fourth-order valence-corrected chi connectivity index (χ4v) is 1.84. The van der Waals surface area contributed by atoms with Crippen molar-refractivity contribution in [2.45, 2.75) is 6.04 Å². The summed E-state index contributed by atoms with van der Waals surface area (Å²) in [4.78, 5) is 2.13. The highest BCUT2D eigenvalue weighted by Gasteiger charge is 2.17. The minimum absolute atomic E-state index is 0.0350. The lowest BCUT2D eigenvalue weighted by Gasteiger charge is -2.28. The molecule has 1 aromatic rings. The standard InChI is InChI=1S/C15H19NO/c1-4-11-16(12-5-2)14(6-3)13-9-7-8-10-15(13)17/h4-10,14,17H,1-3,11-12H2. The van der Waals surface area contributed by atoms with E-state index < -0.39 is 0 Å². The van der Waals surface area contributed by atoms with E-state index in [1.165, 1.54) is 0 Å². The van der Waals surface area contributed by atoms with Crippen LogP contribution < -0.4 is 0 Å². The Hall–Kier alpha value is -1.80. The number of hydrogen-bond acceptors (Lipinski definition) is 2. The molecule has 2 nitrogen and oxygen atoms in total. The largest absolute Gasteiger partial charge is 0.508 e. The van der Waals surface area contributed by atoms with E-state index >= 15 is 0 Å². The van der Waals surface area contributed by atoms with Crippen LogP contribution in [0.2, 0.25) is 0 Å². The van der Waals surface area contributed by atoms with Crippen LogP contribution in [0.15, 0.2) is 62.2 Å². The minimum atomic E-state index is -0.0350. The second-order valence-electron chi connectivity index (χ2n) is 3.77. The van der Waals surface area contributed by atoms with Crippen LogP contribution in [-0.2, 0) is 0 Å². The maximum absolute atomic E-state index is 9.87. The summed E-state index contributed by atoms with van der Waals surface area (Å²) in [6.45, 7) is 12.8. The molecule has 1 aromatic carbocycles. The van der Waals surface area contributed by atoms with Crippen molar-refractivity contribution < 1.29 is 5.11 Å². The Bertz CT molecular complexity index is 388. The van der Waals surface area contributed by atoms with E-state index in [4.69, 9.17) is 0 Å². The lowest BCUT2D eigenvalue weighted by Crippen LogP contribution is -2.28. The van der Waals surface area contributed by atoms with Crippen molar-refractivity contribution in [1.29, 1.82) is 0 Å². The molecule has 0 radical (unpaired) electrons. The van der Waals surface area contributed by atoms with Crippen molar-refractivity contribution in [2.24, 2.45) is 0 Å². The molecule has 0 fully saturated rings. The quantitative estimate of drug-likeness (QED) is 0.725. The fraction of sp³-hybridized carbons (Fsp3) is 0.200. The second kappa shape index (κ2) is 6.71. The van der Waals surface area contributed by atoms with Gasteiger partial charge in [0.15, 0.2) is 0 Å². The van der Waals surface area contributed by atoms with E-state index in [1.807, 2.05) is 36.4 Å². The SMILES string of the molecule is C=CCN(CC=C)C(C=C)c1ccccc1O. The third-order valence-corrected chi connectivity index (χ3v) is 2.60. The molecular weight excluding hydrogens is 210 g/mol. The predicted molar refractivity (Wildman–Crippen MR) is 73.0 cm³/mol. The highest BCUT2D eigenvalue weighted by molar-refractivity contribution is 5.36. The molecular formula is C15H19NO. The van der Waals surface area contributed by atoms with Crippen molar-refractivity contribution in [3.05, 3.63) is 67.8 Å². The Morgan fingerprint density at radius 1 is 1.12 bits per heavy atom. The second-order valence-corrected chi connectivity index (χ2v) is 3.77. The lowest BCUT2D eigenvalue weighted by atomic mass is 10.0. The van der Waals surface area contributed by atoms with E-state index in [9.17, 15) is 5.11 Å². The molecule has 90 valence electrons. The van der Waals surface area contributed by atoms with Crippen LogP contribution in [0.4, 0.5) is 0 Å². The van der Waals surface area contributed by atoms with Gasteiger partial charge in [-0.25, -0.2) is 0 Å². The summed E-state index contributed by atoms with van der Waals surface area (Å²) < 4.78 is 0. The maximum Gasteiger partial charge on any atom is 0.120 e. The Labute approximate surface area is 103 Å². The Morgan fingerprint density at radius 3 is 2.18 bits per heavy atom. The summed E-state index contributed by atoms with van der Waals surface area (Å²) in [6.07, 6.45) is 5.49. The van der Waals surface area contributed by atoms with E-state index in [1.54, 1.807) is 6.07 Å². The van der Waals surface area contributed by atoms with Crippen LogP contribution in [0.1, 0.15) is 11.6 Å². The zero-order chi connectivity index (χ0) is 12.7. The number of hydrogen-bond donors (Lipinski definition) is 1. The van der Waals surface area contributed by atoms with Gasteiger partial charge >= 0.3 is 0 Å². The number of rotatable bonds is 7. The first-order chi connectivity index (χ1) is 8.24. The molecule has 1 N–H and O–H groups in total. The molecule has 0 heterocycles. The van der Waals surface area contributed by atoms with Crippen LogP contribution in [0, 0.1) is 0 Å². The van der Waals surface area contributed by atoms with Gasteiger partial charge in [0.25, 0.3) is 0 Å². The van der Waals surface area contributed by atoms with Gasteiger partial charge in [-0.05, 0) is 6.07 Å². The molecule has 0 saturated heterocycles. The Kier molecular flexibility index (Phi) is 5.24. The first-order valence-electron chi connectivity index (χ1n) is 5.60. The molecule has 0 amide bonds. The molecule has 2 heteroatoms. The summed E-state index contributed by atoms with van der Waals surface area (Å²) in [7, 11) is 0. The van der Waals surface area contributed by atoms with Gasteiger partial charge in [-0.2, -0.15) is 0 Å². The number of phenols is 1. The summed E-state index contributed by atoms with van der Waals surface area (Å²) in [5.74, 6) is 0.288. The van der Waals surface area contributed by atoms with E-state index in [0.29, 0.717) is 0 Å². The van der Waals surface area contributed by atoms with Crippen molar-refractivity contribution >= 4 is 0 Å². The third-order valence-electron chi connectivity index (χ3n) is 2.60. The van der Waals surface area contributed by atoms with Gasteiger partial charge in [0, 0.05) is 18.7 Å². The highest BCUT2D eigenvalue weighted by atomic mass is 16.3. The summed E-state index contributed by atoms with van der Waals surface area (Å²) >= 11 is 0. The van der Waals surface area contributed by atoms with Gasteiger partial charge in [-0.15, -0.1) is 19.7 Å². The molecule has 17 heavy (non-hydrogen) atoms. The Balaban J connectivity index is 3.03. The van der Waals surface area contributed by atoms with Gasteiger partial charge < -0.3 is 5.11 Å². The number of phenolic OH excluding ortho intramolecular Hbond substituents is 1. The fourth-order valence-electron chi connectivity index (χ4n) is 1.84. The lowest BCUT2D eigenvalue weighted by molar-refractivity contribution is 0.279. The van der Waals surface area contributed by atoms with Gasteiger partial charge in [-0.1, -0.05) is 36.4 Å². The number of nitrogens with zero attached hydrogens (tertiary/aromatic N) is 1. The molecule has 1 unspecified atom stereocenters. The molecule has 0 aliphatic rings. The van der Waals surface area contributed by atoms with E-state index in [2.05, 4.69) is 24.6 Å². The van der Waals surface area contributed by atoms with Crippen molar-refractivity contribution in [1.82, 2.24) is 4.90 Å². The predicted octanol–water partition coefficient (Wildman–Crippen LogP) is 3.29. The van der Waals surface area contributed by atoms with Crippen LogP contribution in [-0.4, -0.2) is 23.1 Å². The molecule has 0 aliphatic heterocycles. The van der Waals surface area contributed by atoms with Crippen LogP contribution >= 0.6 is 0 Å². The van der Waals surface area contributed by atoms with Gasteiger partial charge in [0.05, 0.1) is 6.04 Å². The zero-order valence-electron chi connectivity index (χ0n) is 10.0. The minimum Gasteiger partial charge on any atom is -0.508 e. The van der Waals surface area contributed by atoms with Crippen molar-refractivity contribution in [2.75, 3.05) is 13.1 Å². The number of benzene rings is 1. The van der Waals surface area contributed by atoms with E-state index in [-0.39, 0.29) is 11.8 Å². The highest BCUT2D eigenvalue weighted by Crippen LogP contribution is 2.29. The van der Waals surface area contributed by atoms with Gasteiger partial charge in [0.1, 0.15) is 5.75 Å². The molecule has 0 saturated carbocycles. The smallest absolute Gasteiger partial charge is 0.120 e. The average Bonchev–Trinajstić information content (AvgIpc) is 2.33. The molecule has 1 rings (SSSR count). The summed E-state index contributed by atoms with van der Waals surface area (Å²) in [6, 6.07) is 7.27. The zero-order valence-corrected chi connectivity index (χ0v) is 10.0. The molecule has 0 spiro atoms. The average molecular weight is 229 g/mol. The van der Waals surface area contributed by atoms with Crippen LogP contribution in [0.5, 0.6) is 5.75 Å². The third kappa shape index (κ3) is 3.33. The van der Waals surface area contributed by atoms with Crippen molar-refractivity contribution in [3.8, 4) is 5.75 Å². The first kappa shape index (κ1) is 13.3. The number of aromatic hydroxyl groups is 1. The van der Waals surface area contributed by atoms with Crippen molar-refractivity contribution in [3.63, 3.8) is 0 Å². The first-order valence-corrected chi connectivity index (χ1v) is 5.60. The molecule has 0 aliphatic carbocycles. The summed E-state index contributed by atoms with van der Waals surface area (Å²) in [5, 5.41) is 9.87. The normalized spacial score (nSPS) is 12.1. The van der Waals surface area contributed by atoms with E-state index in [0.717, 1.165) is 18.7 Å². The van der Waals surface area contributed by atoms with Gasteiger partial charge in [-0.3, -0.25) is 4.90 Å². The van der Waals surface area contributed by atoms with Crippen LogP contribution in [0.25, 0.3) is 0 Å². The topological polar surface area (TPSA) is 23.5 Å². The molecule has 0 bridgehead atoms. The molecule has 1 atom stereocenters. The summed E-state index contributed by atoms with van der Waals surface area (Å²) in [5.41, 5.74) is 0.853. The molecule has 0 aromatic heterocycles. The Morgan fingerprint density at radius 2 is 1.71 bits per heavy atom. The monoisotopic (exact) mass is 229 g/mol. The maximum atomic E-state index is 9.87. The van der Waals surface area contributed by atoms with Crippen LogP contribution in [0.3, 0.4) is 0 Å².